The van der Waals surface area contributed by atoms with Crippen LogP contribution in [0.3, 0.4) is 0 Å². The number of amides is 1. The largest absolute Gasteiger partial charge is 0.481 e. The molecule has 0 radical (unpaired) electrons. The van der Waals surface area contributed by atoms with E-state index in [1.807, 2.05) is 37.3 Å². The zero-order valence-corrected chi connectivity index (χ0v) is 17.3. The van der Waals surface area contributed by atoms with E-state index in [1.54, 1.807) is 24.3 Å². The lowest BCUT2D eigenvalue weighted by atomic mass is 9.99. The van der Waals surface area contributed by atoms with Gasteiger partial charge in [-0.25, -0.2) is 9.97 Å². The van der Waals surface area contributed by atoms with Gasteiger partial charge in [-0.05, 0) is 36.8 Å². The predicted octanol–water partition coefficient (Wildman–Crippen LogP) is 3.85. The molecule has 31 heavy (non-hydrogen) atoms. The molecule has 2 aromatic heterocycles. The number of benzene rings is 2. The van der Waals surface area contributed by atoms with Crippen LogP contribution in [-0.2, 0) is 0 Å². The second-order valence-corrected chi connectivity index (χ2v) is 6.84. The number of carbonyl (C=O) groups excluding carboxylic acids is 1. The monoisotopic (exact) mass is 415 g/mol. The summed E-state index contributed by atoms with van der Waals surface area (Å²) in [5.74, 6) is 0.519. The van der Waals surface area contributed by atoms with Crippen molar-refractivity contribution < 1.29 is 14.3 Å². The summed E-state index contributed by atoms with van der Waals surface area (Å²) in [6.07, 6.45) is 0. The fourth-order valence-electron chi connectivity index (χ4n) is 3.30. The number of ether oxygens (including phenoxy) is 2. The average molecular weight is 415 g/mol. The van der Waals surface area contributed by atoms with E-state index >= 15 is 0 Å². The van der Waals surface area contributed by atoms with E-state index in [2.05, 4.69) is 20.3 Å². The van der Waals surface area contributed by atoms with Gasteiger partial charge >= 0.3 is 0 Å². The second kappa shape index (κ2) is 8.27. The molecule has 0 saturated heterocycles. The summed E-state index contributed by atoms with van der Waals surface area (Å²) in [4.78, 5) is 25.9. The van der Waals surface area contributed by atoms with Crippen LogP contribution in [0.2, 0.25) is 0 Å². The maximum absolute atomic E-state index is 13.0. The molecule has 3 N–H and O–H groups in total. The number of hydrogen-bond donors (Lipinski definition) is 2. The minimum absolute atomic E-state index is 0.178. The number of fused-ring (bicyclic) bond motifs is 1. The van der Waals surface area contributed by atoms with Gasteiger partial charge in [0.25, 0.3) is 5.91 Å². The highest BCUT2D eigenvalue weighted by Gasteiger charge is 2.16. The number of nitrogens with zero attached hydrogens (tertiary/aromatic N) is 3. The number of pyridine rings is 1. The Bertz CT molecular complexity index is 1290. The van der Waals surface area contributed by atoms with Crippen LogP contribution >= 0.6 is 0 Å². The molecule has 2 heterocycles. The number of methoxy groups -OCH3 is 2. The third-order valence-electron chi connectivity index (χ3n) is 4.86. The van der Waals surface area contributed by atoms with Gasteiger partial charge in [-0.1, -0.05) is 24.3 Å². The number of para-hydroxylation sites is 1. The molecule has 0 aliphatic carbocycles. The van der Waals surface area contributed by atoms with Gasteiger partial charge in [0.15, 0.2) is 0 Å². The molecule has 0 fully saturated rings. The maximum atomic E-state index is 13.0. The van der Waals surface area contributed by atoms with E-state index in [0.29, 0.717) is 22.8 Å². The summed E-state index contributed by atoms with van der Waals surface area (Å²) in [7, 11) is 2.99. The van der Waals surface area contributed by atoms with Gasteiger partial charge in [-0.3, -0.25) is 4.79 Å². The van der Waals surface area contributed by atoms with E-state index in [1.165, 1.54) is 14.2 Å². The van der Waals surface area contributed by atoms with Gasteiger partial charge in [0.1, 0.15) is 5.69 Å². The number of carbonyl (C=O) groups is 1. The van der Waals surface area contributed by atoms with Crippen LogP contribution in [0.5, 0.6) is 11.8 Å². The maximum Gasteiger partial charge on any atom is 0.255 e. The highest BCUT2D eigenvalue weighted by atomic mass is 16.5. The molecule has 0 bridgehead atoms. The zero-order chi connectivity index (χ0) is 22.0. The SMILES string of the molecule is COc1ccc(NC(=O)c2ccc(C)c(-c3nc(N)nc4ccccc34)c2)c(OC)n1. The minimum atomic E-state index is -0.308. The van der Waals surface area contributed by atoms with E-state index < -0.39 is 0 Å². The van der Waals surface area contributed by atoms with Crippen LogP contribution in [0.4, 0.5) is 11.6 Å². The summed E-state index contributed by atoms with van der Waals surface area (Å²) < 4.78 is 10.4. The zero-order valence-electron chi connectivity index (χ0n) is 17.3. The Hall–Kier alpha value is -4.20. The van der Waals surface area contributed by atoms with Crippen molar-refractivity contribution in [1.29, 1.82) is 0 Å². The molecule has 8 heteroatoms. The smallest absolute Gasteiger partial charge is 0.255 e. The van der Waals surface area contributed by atoms with Gasteiger partial charge in [0.2, 0.25) is 17.7 Å². The molecule has 0 unspecified atom stereocenters. The summed E-state index contributed by atoms with van der Waals surface area (Å²) in [5, 5.41) is 3.70. The van der Waals surface area contributed by atoms with E-state index in [9.17, 15) is 4.79 Å². The Morgan fingerprint density at radius 1 is 0.968 bits per heavy atom. The molecule has 0 aliphatic rings. The number of hydrogen-bond acceptors (Lipinski definition) is 7. The Labute approximate surface area is 179 Å². The van der Waals surface area contributed by atoms with Crippen molar-refractivity contribution in [3.05, 3.63) is 65.7 Å². The number of aromatic nitrogens is 3. The topological polar surface area (TPSA) is 112 Å². The highest BCUT2D eigenvalue weighted by molar-refractivity contribution is 6.06. The molecule has 1 amide bonds. The summed E-state index contributed by atoms with van der Waals surface area (Å²) in [6, 6.07) is 16.4. The Balaban J connectivity index is 1.73. The van der Waals surface area contributed by atoms with Gasteiger partial charge in [0, 0.05) is 22.6 Å². The molecule has 0 aliphatic heterocycles. The molecule has 8 nitrogen and oxygen atoms in total. The molecular weight excluding hydrogens is 394 g/mol. The Kier molecular flexibility index (Phi) is 5.36. The first-order valence-corrected chi connectivity index (χ1v) is 9.54. The first-order chi connectivity index (χ1) is 15.0. The van der Waals surface area contributed by atoms with Crippen LogP contribution < -0.4 is 20.5 Å². The van der Waals surface area contributed by atoms with E-state index in [0.717, 1.165) is 22.0 Å². The fourth-order valence-corrected chi connectivity index (χ4v) is 3.30. The van der Waals surface area contributed by atoms with Crippen LogP contribution in [0.15, 0.2) is 54.6 Å². The standard InChI is InChI=1S/C23H21N5O3/c1-13-8-9-14(21(29)25-18-10-11-19(30-2)27-22(18)31-3)12-16(13)20-15-6-4-5-7-17(15)26-23(24)28-20/h4-12H,1-3H3,(H,25,29)(H2,24,26,28). The van der Waals surface area contributed by atoms with Gasteiger partial charge in [0.05, 0.1) is 25.4 Å². The molecular formula is C23H21N5O3. The number of nitrogens with two attached hydrogens (primary N) is 1. The van der Waals surface area contributed by atoms with Crippen LogP contribution in [0, 0.1) is 6.92 Å². The van der Waals surface area contributed by atoms with Gasteiger partial charge < -0.3 is 20.5 Å². The van der Waals surface area contributed by atoms with Crippen molar-refractivity contribution in [2.24, 2.45) is 0 Å². The first kappa shape index (κ1) is 20.1. The quantitative estimate of drug-likeness (QED) is 0.509. The molecule has 156 valence electrons. The molecule has 4 rings (SSSR count). The normalized spacial score (nSPS) is 10.7. The van der Waals surface area contributed by atoms with Crippen LogP contribution in [0.1, 0.15) is 15.9 Å². The average Bonchev–Trinajstić information content (AvgIpc) is 2.79. The molecule has 0 atom stereocenters. The van der Waals surface area contributed by atoms with E-state index in [4.69, 9.17) is 15.2 Å². The summed E-state index contributed by atoms with van der Waals surface area (Å²) in [5.41, 5.74) is 10.0. The summed E-state index contributed by atoms with van der Waals surface area (Å²) in [6.45, 7) is 1.96. The lowest BCUT2D eigenvalue weighted by Gasteiger charge is -2.13. The number of rotatable bonds is 5. The van der Waals surface area contributed by atoms with Crippen LogP contribution in [0.25, 0.3) is 22.2 Å². The van der Waals surface area contributed by atoms with Gasteiger partial charge in [-0.2, -0.15) is 4.98 Å². The number of nitrogen functional groups attached to an aromatic ring is 1. The number of nitrogens with one attached hydrogen (secondary N) is 1. The minimum Gasteiger partial charge on any atom is -0.481 e. The van der Waals surface area contributed by atoms with Crippen molar-refractivity contribution in [1.82, 2.24) is 15.0 Å². The van der Waals surface area contributed by atoms with Crippen molar-refractivity contribution in [2.75, 3.05) is 25.3 Å². The first-order valence-electron chi connectivity index (χ1n) is 9.54. The fraction of sp³-hybridized carbons (Fsp3) is 0.130. The Morgan fingerprint density at radius 2 is 1.77 bits per heavy atom. The molecule has 0 saturated carbocycles. The second-order valence-electron chi connectivity index (χ2n) is 6.84. The van der Waals surface area contributed by atoms with Crippen molar-refractivity contribution in [3.8, 4) is 23.0 Å². The molecule has 4 aromatic rings. The molecule has 0 spiro atoms. The van der Waals surface area contributed by atoms with Gasteiger partial charge in [-0.15, -0.1) is 0 Å². The lowest BCUT2D eigenvalue weighted by Crippen LogP contribution is -2.13. The van der Waals surface area contributed by atoms with Crippen molar-refractivity contribution >= 4 is 28.4 Å². The van der Waals surface area contributed by atoms with Crippen LogP contribution in [-0.4, -0.2) is 35.1 Å². The number of anilines is 2. The Morgan fingerprint density at radius 3 is 2.55 bits per heavy atom. The lowest BCUT2D eigenvalue weighted by molar-refractivity contribution is 0.102. The van der Waals surface area contributed by atoms with E-state index in [-0.39, 0.29) is 17.7 Å². The molecule has 2 aromatic carbocycles. The highest BCUT2D eigenvalue weighted by Crippen LogP contribution is 2.31. The predicted molar refractivity (Wildman–Crippen MR) is 119 cm³/mol. The number of aryl methyl sites for hydroxylation is 1. The third kappa shape index (κ3) is 3.95. The summed E-state index contributed by atoms with van der Waals surface area (Å²) >= 11 is 0. The van der Waals surface area contributed by atoms with Crippen molar-refractivity contribution in [2.45, 2.75) is 6.92 Å². The third-order valence-corrected chi connectivity index (χ3v) is 4.86. The van der Waals surface area contributed by atoms with Crippen molar-refractivity contribution in [3.63, 3.8) is 0 Å².